The van der Waals surface area contributed by atoms with Crippen LogP contribution >= 0.6 is 0 Å². The van der Waals surface area contributed by atoms with Gasteiger partial charge in [-0.25, -0.2) is 18.4 Å². The zero-order chi connectivity index (χ0) is 21.7. The number of nitrogen functional groups attached to an aromatic ring is 1. The van der Waals surface area contributed by atoms with Crippen molar-refractivity contribution in [1.82, 2.24) is 15.0 Å². The predicted molar refractivity (Wildman–Crippen MR) is 107 cm³/mol. The van der Waals surface area contributed by atoms with Crippen molar-refractivity contribution in [2.45, 2.75) is 11.1 Å². The summed E-state index contributed by atoms with van der Waals surface area (Å²) in [7, 11) is -3.32. The van der Waals surface area contributed by atoms with E-state index in [9.17, 15) is 21.6 Å². The summed E-state index contributed by atoms with van der Waals surface area (Å²) in [6.07, 6.45) is -3.35. The minimum Gasteiger partial charge on any atom is -0.397 e. The lowest BCUT2D eigenvalue weighted by molar-refractivity contribution is -0.137. The third-order valence-corrected chi connectivity index (χ3v) is 5.67. The monoisotopic (exact) mass is 432 g/mol. The lowest BCUT2D eigenvalue weighted by atomic mass is 10.1. The molecule has 4 rings (SSSR count). The number of hydrogen-bond donors (Lipinski definition) is 2. The molecule has 0 atom stereocenters. The van der Waals surface area contributed by atoms with Gasteiger partial charge in [0.05, 0.1) is 32.9 Å². The van der Waals surface area contributed by atoms with Crippen molar-refractivity contribution < 1.29 is 21.6 Å². The largest absolute Gasteiger partial charge is 0.416 e. The Morgan fingerprint density at radius 3 is 2.30 bits per heavy atom. The van der Waals surface area contributed by atoms with Crippen LogP contribution in [-0.4, -0.2) is 29.6 Å². The number of nitrogens with one attached hydrogen (secondary N) is 1. The first-order valence-electron chi connectivity index (χ1n) is 8.67. The van der Waals surface area contributed by atoms with Crippen LogP contribution in [-0.2, 0) is 16.0 Å². The second-order valence-electron chi connectivity index (χ2n) is 6.75. The number of anilines is 1. The molecule has 10 heteroatoms. The Labute approximate surface area is 169 Å². The van der Waals surface area contributed by atoms with E-state index < -0.39 is 21.6 Å². The number of hydrogen-bond acceptors (Lipinski definition) is 5. The molecule has 0 saturated heterocycles. The molecule has 6 nitrogen and oxygen atoms in total. The van der Waals surface area contributed by atoms with E-state index in [1.165, 1.54) is 18.2 Å². The summed E-state index contributed by atoms with van der Waals surface area (Å²) in [5.41, 5.74) is 7.53. The molecule has 0 aliphatic heterocycles. The smallest absolute Gasteiger partial charge is 0.397 e. The molecule has 0 fully saturated rings. The van der Waals surface area contributed by atoms with Gasteiger partial charge in [0.2, 0.25) is 0 Å². The summed E-state index contributed by atoms with van der Waals surface area (Å²) in [4.78, 5) is 11.8. The van der Waals surface area contributed by atoms with Crippen LogP contribution in [0.5, 0.6) is 0 Å². The Balaban J connectivity index is 1.77. The third kappa shape index (κ3) is 3.73. The van der Waals surface area contributed by atoms with Crippen molar-refractivity contribution in [2.75, 3.05) is 12.0 Å². The fourth-order valence-electron chi connectivity index (χ4n) is 2.99. The number of pyridine rings is 1. The van der Waals surface area contributed by atoms with Crippen molar-refractivity contribution >= 4 is 26.6 Å². The summed E-state index contributed by atoms with van der Waals surface area (Å²) in [6.45, 7) is 0. The number of imidazole rings is 1. The SMILES string of the molecule is CS(=O)(=O)c1ccc(-c2ccc(N)c(-c3nc4ccc(C(F)(F)F)cc4[nH]3)n2)cc1. The summed E-state index contributed by atoms with van der Waals surface area (Å²) < 4.78 is 62.1. The highest BCUT2D eigenvalue weighted by Gasteiger charge is 2.30. The maximum atomic E-state index is 12.9. The van der Waals surface area contributed by atoms with Crippen LogP contribution in [0.15, 0.2) is 59.5 Å². The second kappa shape index (κ2) is 6.84. The molecule has 0 bridgehead atoms. The van der Waals surface area contributed by atoms with Crippen molar-refractivity contribution in [3.8, 4) is 22.8 Å². The van der Waals surface area contributed by atoms with Gasteiger partial charge in [0.1, 0.15) is 5.69 Å². The van der Waals surface area contributed by atoms with Crippen LogP contribution in [0.4, 0.5) is 18.9 Å². The lowest BCUT2D eigenvalue weighted by Gasteiger charge is -2.07. The molecule has 0 saturated carbocycles. The predicted octanol–water partition coefficient (Wildman–Crippen LogP) is 4.30. The van der Waals surface area contributed by atoms with Crippen LogP contribution in [0, 0.1) is 0 Å². The molecule has 0 spiro atoms. The highest BCUT2D eigenvalue weighted by atomic mass is 32.2. The van der Waals surface area contributed by atoms with E-state index in [1.807, 2.05) is 0 Å². The van der Waals surface area contributed by atoms with Gasteiger partial charge < -0.3 is 10.7 Å². The molecule has 0 radical (unpaired) electrons. The lowest BCUT2D eigenvalue weighted by Crippen LogP contribution is -2.04. The van der Waals surface area contributed by atoms with Crippen LogP contribution in [0.25, 0.3) is 33.8 Å². The van der Waals surface area contributed by atoms with Crippen LogP contribution < -0.4 is 5.73 Å². The molecule has 0 amide bonds. The number of alkyl halides is 3. The molecule has 0 aliphatic carbocycles. The number of sulfone groups is 1. The minimum absolute atomic E-state index is 0.180. The maximum Gasteiger partial charge on any atom is 0.416 e. The van der Waals surface area contributed by atoms with Gasteiger partial charge in [-0.1, -0.05) is 12.1 Å². The van der Waals surface area contributed by atoms with Gasteiger partial charge >= 0.3 is 6.18 Å². The van der Waals surface area contributed by atoms with E-state index in [-0.39, 0.29) is 21.9 Å². The van der Waals surface area contributed by atoms with E-state index in [4.69, 9.17) is 5.73 Å². The standard InChI is InChI=1S/C20H15F3N4O2S/c1-30(28,29)13-5-2-11(3-6-13)15-9-7-14(24)18(25-15)19-26-16-8-4-12(20(21,22)23)10-17(16)27-19/h2-10H,24H2,1H3,(H,26,27). The van der Waals surface area contributed by atoms with Gasteiger partial charge in [-0.2, -0.15) is 13.2 Å². The zero-order valence-corrected chi connectivity index (χ0v) is 16.3. The van der Waals surface area contributed by atoms with Crippen LogP contribution in [0.1, 0.15) is 5.56 Å². The highest BCUT2D eigenvalue weighted by molar-refractivity contribution is 7.90. The Morgan fingerprint density at radius 1 is 0.967 bits per heavy atom. The number of fused-ring (bicyclic) bond motifs is 1. The van der Waals surface area contributed by atoms with Crippen LogP contribution in [0.2, 0.25) is 0 Å². The average Bonchev–Trinajstić information content (AvgIpc) is 3.10. The number of nitrogens with two attached hydrogens (primary N) is 1. The minimum atomic E-state index is -4.46. The van der Waals surface area contributed by atoms with Gasteiger partial charge in [-0.15, -0.1) is 0 Å². The summed E-state index contributed by atoms with van der Waals surface area (Å²) in [6, 6.07) is 12.7. The number of rotatable bonds is 3. The molecular weight excluding hydrogens is 417 g/mol. The van der Waals surface area contributed by atoms with Crippen molar-refractivity contribution in [3.05, 3.63) is 60.2 Å². The molecular formula is C20H15F3N4O2S. The van der Waals surface area contributed by atoms with Gasteiger partial charge in [-0.05, 0) is 42.5 Å². The molecule has 2 aromatic heterocycles. The zero-order valence-electron chi connectivity index (χ0n) is 15.5. The summed E-state index contributed by atoms with van der Waals surface area (Å²) in [5.74, 6) is 0.233. The topological polar surface area (TPSA) is 102 Å². The first kappa shape index (κ1) is 19.9. The molecule has 3 N–H and O–H groups in total. The van der Waals surface area contributed by atoms with Gasteiger partial charge in [0, 0.05) is 11.8 Å². The van der Waals surface area contributed by atoms with Gasteiger partial charge in [0.25, 0.3) is 0 Å². The number of aromatic amines is 1. The third-order valence-electron chi connectivity index (χ3n) is 4.54. The van der Waals surface area contributed by atoms with Crippen molar-refractivity contribution in [2.24, 2.45) is 0 Å². The Hall–Kier alpha value is -3.40. The normalized spacial score (nSPS) is 12.4. The van der Waals surface area contributed by atoms with Crippen molar-refractivity contribution in [3.63, 3.8) is 0 Å². The molecule has 4 aromatic rings. The average molecular weight is 432 g/mol. The van der Waals surface area contributed by atoms with E-state index in [1.54, 1.807) is 24.3 Å². The number of benzene rings is 2. The number of aromatic nitrogens is 3. The number of halogens is 3. The summed E-state index contributed by atoms with van der Waals surface area (Å²) >= 11 is 0. The second-order valence-corrected chi connectivity index (χ2v) is 8.76. The first-order chi connectivity index (χ1) is 14.0. The quantitative estimate of drug-likeness (QED) is 0.503. The fraction of sp³-hybridized carbons (Fsp3) is 0.100. The van der Waals surface area contributed by atoms with Gasteiger partial charge in [0.15, 0.2) is 15.7 Å². The molecule has 0 aliphatic rings. The Bertz CT molecular complexity index is 1360. The maximum absolute atomic E-state index is 12.9. The Kier molecular flexibility index (Phi) is 4.53. The summed E-state index contributed by atoms with van der Waals surface area (Å²) in [5, 5.41) is 0. The van der Waals surface area contributed by atoms with Crippen LogP contribution in [0.3, 0.4) is 0 Å². The molecule has 2 aromatic carbocycles. The molecule has 0 unspecified atom stereocenters. The molecule has 30 heavy (non-hydrogen) atoms. The number of H-pyrrole nitrogens is 1. The van der Waals surface area contributed by atoms with E-state index in [0.29, 0.717) is 22.5 Å². The Morgan fingerprint density at radius 2 is 1.67 bits per heavy atom. The van der Waals surface area contributed by atoms with E-state index in [2.05, 4.69) is 15.0 Å². The highest BCUT2D eigenvalue weighted by Crippen LogP contribution is 2.33. The first-order valence-corrected chi connectivity index (χ1v) is 10.6. The molecule has 2 heterocycles. The molecule has 154 valence electrons. The fourth-order valence-corrected chi connectivity index (χ4v) is 3.62. The van der Waals surface area contributed by atoms with E-state index in [0.717, 1.165) is 18.4 Å². The van der Waals surface area contributed by atoms with E-state index >= 15 is 0 Å². The van der Waals surface area contributed by atoms with Gasteiger partial charge in [-0.3, -0.25) is 0 Å². The number of nitrogens with zero attached hydrogens (tertiary/aromatic N) is 2. The van der Waals surface area contributed by atoms with Crippen molar-refractivity contribution in [1.29, 1.82) is 0 Å².